The zero-order valence-electron chi connectivity index (χ0n) is 10.4. The van der Waals surface area contributed by atoms with Crippen LogP contribution in [0.3, 0.4) is 0 Å². The maximum absolute atomic E-state index is 5.57. The van der Waals surface area contributed by atoms with E-state index >= 15 is 0 Å². The van der Waals surface area contributed by atoms with Crippen LogP contribution in [0.2, 0.25) is 0 Å². The Balaban J connectivity index is 1.69. The lowest BCUT2D eigenvalue weighted by Crippen LogP contribution is -2.26. The molecule has 0 aliphatic carbocycles. The monoisotopic (exact) mass is 242 g/mol. The van der Waals surface area contributed by atoms with Gasteiger partial charge in [0.2, 0.25) is 0 Å². The van der Waals surface area contributed by atoms with Gasteiger partial charge in [-0.15, -0.1) is 0 Å². The molecular weight excluding hydrogens is 224 g/mol. The molecule has 2 aromatic rings. The van der Waals surface area contributed by atoms with E-state index in [9.17, 15) is 0 Å². The second-order valence-electron chi connectivity index (χ2n) is 4.83. The number of hydrogen-bond acceptors (Lipinski definition) is 3. The molecule has 0 saturated carbocycles. The van der Waals surface area contributed by atoms with Crippen LogP contribution in [0.25, 0.3) is 0 Å². The molecule has 0 amide bonds. The molecule has 1 aliphatic rings. The minimum atomic E-state index is 0.382. The van der Waals surface area contributed by atoms with Gasteiger partial charge in [0.05, 0.1) is 11.7 Å². The van der Waals surface area contributed by atoms with Gasteiger partial charge in [-0.1, -0.05) is 36.8 Å². The van der Waals surface area contributed by atoms with Crippen LogP contribution >= 0.6 is 0 Å². The molecular formula is C15H18N2O. The average molecular weight is 242 g/mol. The Hall–Kier alpha value is -1.61. The van der Waals surface area contributed by atoms with Gasteiger partial charge in [0.1, 0.15) is 6.26 Å². The summed E-state index contributed by atoms with van der Waals surface area (Å²) >= 11 is 0. The summed E-state index contributed by atoms with van der Waals surface area (Å²) in [5.74, 6) is 0.809. The first kappa shape index (κ1) is 11.5. The molecule has 0 bridgehead atoms. The molecule has 2 heterocycles. The first-order valence-corrected chi connectivity index (χ1v) is 6.63. The summed E-state index contributed by atoms with van der Waals surface area (Å²) in [5.41, 5.74) is 2.29. The fourth-order valence-electron chi connectivity index (χ4n) is 2.44. The second-order valence-corrected chi connectivity index (χ2v) is 4.83. The number of aromatic nitrogens is 1. The van der Waals surface area contributed by atoms with Crippen LogP contribution in [0.1, 0.15) is 42.5 Å². The van der Waals surface area contributed by atoms with Crippen molar-refractivity contribution in [1.29, 1.82) is 0 Å². The molecule has 3 nitrogen and oxygen atoms in total. The van der Waals surface area contributed by atoms with Gasteiger partial charge in [-0.2, -0.15) is 0 Å². The van der Waals surface area contributed by atoms with Crippen LogP contribution in [0.5, 0.6) is 0 Å². The van der Waals surface area contributed by atoms with Crippen molar-refractivity contribution in [1.82, 2.24) is 10.3 Å². The number of nitrogens with zero attached hydrogens (tertiary/aromatic N) is 1. The summed E-state index contributed by atoms with van der Waals surface area (Å²) in [6.45, 7) is 1.09. The summed E-state index contributed by atoms with van der Waals surface area (Å²) in [7, 11) is 0. The molecule has 3 rings (SSSR count). The highest BCUT2D eigenvalue weighted by Gasteiger charge is 2.18. The van der Waals surface area contributed by atoms with Gasteiger partial charge in [-0.3, -0.25) is 0 Å². The Bertz CT molecular complexity index is 486. The summed E-state index contributed by atoms with van der Waals surface area (Å²) < 4.78 is 5.57. The Labute approximate surface area is 107 Å². The van der Waals surface area contributed by atoms with Gasteiger partial charge >= 0.3 is 0 Å². The molecule has 1 aromatic heterocycles. The van der Waals surface area contributed by atoms with Gasteiger partial charge in [-0.25, -0.2) is 4.98 Å². The number of benzene rings is 1. The molecule has 1 aromatic carbocycles. The van der Waals surface area contributed by atoms with Gasteiger partial charge in [-0.05, 0) is 24.9 Å². The van der Waals surface area contributed by atoms with Gasteiger partial charge in [0, 0.05) is 6.42 Å². The maximum Gasteiger partial charge on any atom is 0.198 e. The van der Waals surface area contributed by atoms with E-state index in [1.807, 2.05) is 18.2 Å². The van der Waals surface area contributed by atoms with E-state index in [4.69, 9.17) is 4.42 Å². The van der Waals surface area contributed by atoms with Crippen molar-refractivity contribution in [3.8, 4) is 0 Å². The third-order valence-corrected chi connectivity index (χ3v) is 3.44. The molecule has 1 aliphatic heterocycles. The van der Waals surface area contributed by atoms with Crippen LogP contribution < -0.4 is 5.32 Å². The first-order chi connectivity index (χ1) is 8.92. The van der Waals surface area contributed by atoms with E-state index in [-0.39, 0.29) is 0 Å². The largest absolute Gasteiger partial charge is 0.448 e. The number of piperidine rings is 1. The topological polar surface area (TPSA) is 38.1 Å². The third-order valence-electron chi connectivity index (χ3n) is 3.44. The smallest absolute Gasteiger partial charge is 0.198 e. The second kappa shape index (κ2) is 5.36. The number of rotatable bonds is 3. The van der Waals surface area contributed by atoms with E-state index in [0.717, 1.165) is 31.0 Å². The van der Waals surface area contributed by atoms with Crippen LogP contribution in [-0.4, -0.2) is 11.5 Å². The highest BCUT2D eigenvalue weighted by atomic mass is 16.3. The number of nitrogens with one attached hydrogen (secondary N) is 1. The lowest BCUT2D eigenvalue weighted by Gasteiger charge is -2.20. The fourth-order valence-corrected chi connectivity index (χ4v) is 2.44. The molecule has 18 heavy (non-hydrogen) atoms. The first-order valence-electron chi connectivity index (χ1n) is 6.63. The standard InChI is InChI=1S/C15H18N2O/c1-2-6-12(7-3-1)10-15-17-14(11-18-15)13-8-4-5-9-16-13/h1-3,6-7,11,13,16H,4-5,8-10H2. The van der Waals surface area contributed by atoms with E-state index in [0.29, 0.717) is 6.04 Å². The van der Waals surface area contributed by atoms with E-state index in [1.165, 1.54) is 18.4 Å². The molecule has 1 unspecified atom stereocenters. The molecule has 1 atom stereocenters. The normalized spacial score (nSPS) is 19.9. The Morgan fingerprint density at radius 2 is 2.11 bits per heavy atom. The summed E-state index contributed by atoms with van der Waals surface area (Å²) in [4.78, 5) is 4.60. The van der Waals surface area contributed by atoms with Crippen molar-refractivity contribution in [2.24, 2.45) is 0 Å². The van der Waals surface area contributed by atoms with Crippen LogP contribution in [0.15, 0.2) is 41.0 Å². The number of hydrogen-bond donors (Lipinski definition) is 1. The SMILES string of the molecule is c1ccc(Cc2nc(C3CCCCN3)co2)cc1. The zero-order valence-corrected chi connectivity index (χ0v) is 10.4. The molecule has 1 fully saturated rings. The average Bonchev–Trinajstić information content (AvgIpc) is 2.89. The molecule has 1 saturated heterocycles. The zero-order chi connectivity index (χ0) is 12.2. The van der Waals surface area contributed by atoms with Gasteiger partial charge < -0.3 is 9.73 Å². The molecule has 0 spiro atoms. The summed E-state index contributed by atoms with van der Waals surface area (Å²) in [6, 6.07) is 10.7. The van der Waals surface area contributed by atoms with E-state index in [2.05, 4.69) is 22.4 Å². The Kier molecular flexibility index (Phi) is 3.42. The van der Waals surface area contributed by atoms with E-state index < -0.39 is 0 Å². The van der Waals surface area contributed by atoms with Crippen molar-refractivity contribution >= 4 is 0 Å². The highest BCUT2D eigenvalue weighted by Crippen LogP contribution is 2.22. The fraction of sp³-hybridized carbons (Fsp3) is 0.400. The van der Waals surface area contributed by atoms with Crippen LogP contribution in [0.4, 0.5) is 0 Å². The third kappa shape index (κ3) is 2.62. The van der Waals surface area contributed by atoms with Crippen molar-refractivity contribution < 1.29 is 4.42 Å². The Morgan fingerprint density at radius 1 is 1.22 bits per heavy atom. The minimum absolute atomic E-state index is 0.382. The predicted molar refractivity (Wildman–Crippen MR) is 70.3 cm³/mol. The Morgan fingerprint density at radius 3 is 2.89 bits per heavy atom. The van der Waals surface area contributed by atoms with Crippen LogP contribution in [-0.2, 0) is 6.42 Å². The van der Waals surface area contributed by atoms with Crippen molar-refractivity contribution in [3.05, 3.63) is 53.7 Å². The quantitative estimate of drug-likeness (QED) is 0.898. The predicted octanol–water partition coefficient (Wildman–Crippen LogP) is 3.08. The highest BCUT2D eigenvalue weighted by molar-refractivity contribution is 5.18. The van der Waals surface area contributed by atoms with Crippen molar-refractivity contribution in [3.63, 3.8) is 0 Å². The maximum atomic E-state index is 5.57. The van der Waals surface area contributed by atoms with Gasteiger partial charge in [0.15, 0.2) is 5.89 Å². The lowest BCUT2D eigenvalue weighted by molar-refractivity contribution is 0.404. The van der Waals surface area contributed by atoms with Gasteiger partial charge in [0.25, 0.3) is 0 Å². The molecule has 94 valence electrons. The summed E-state index contributed by atoms with van der Waals surface area (Å²) in [6.07, 6.45) is 6.29. The lowest BCUT2D eigenvalue weighted by atomic mass is 10.0. The van der Waals surface area contributed by atoms with Crippen LogP contribution in [0, 0.1) is 0 Å². The minimum Gasteiger partial charge on any atom is -0.448 e. The van der Waals surface area contributed by atoms with Crippen molar-refractivity contribution in [2.45, 2.75) is 31.7 Å². The number of oxazole rings is 1. The molecule has 3 heteroatoms. The molecule has 1 N–H and O–H groups in total. The molecule has 0 radical (unpaired) electrons. The van der Waals surface area contributed by atoms with E-state index in [1.54, 1.807) is 6.26 Å². The van der Waals surface area contributed by atoms with Crippen molar-refractivity contribution in [2.75, 3.05) is 6.54 Å². The summed E-state index contributed by atoms with van der Waals surface area (Å²) in [5, 5.41) is 3.49.